The lowest BCUT2D eigenvalue weighted by Gasteiger charge is -2.34. The Morgan fingerprint density at radius 3 is 2.37 bits per heavy atom. The molecule has 1 N–H and O–H groups in total. The fourth-order valence-electron chi connectivity index (χ4n) is 2.73. The smallest absolute Gasteiger partial charge is 0.307 e. The maximum atomic E-state index is 12.5. The van der Waals surface area contributed by atoms with E-state index in [-0.39, 0.29) is 18.4 Å². The highest BCUT2D eigenvalue weighted by molar-refractivity contribution is 5.85. The molecular formula is C14H22N2O3. The Kier molecular flexibility index (Phi) is 5.81. The summed E-state index contributed by atoms with van der Waals surface area (Å²) in [6.07, 6.45) is 3.29. The van der Waals surface area contributed by atoms with Crippen molar-refractivity contribution in [1.29, 1.82) is 5.26 Å². The summed E-state index contributed by atoms with van der Waals surface area (Å²) < 4.78 is 0. The van der Waals surface area contributed by atoms with E-state index in [2.05, 4.69) is 0 Å². The number of hydrogen-bond donors (Lipinski definition) is 1. The van der Waals surface area contributed by atoms with Crippen LogP contribution in [0.1, 0.15) is 46.0 Å². The fraction of sp³-hybridized carbons (Fsp3) is 0.786. The quantitative estimate of drug-likeness (QED) is 0.825. The first-order valence-corrected chi connectivity index (χ1v) is 6.89. The van der Waals surface area contributed by atoms with Crippen molar-refractivity contribution in [3.8, 4) is 6.07 Å². The lowest BCUT2D eigenvalue weighted by atomic mass is 9.78. The minimum absolute atomic E-state index is 0.00257. The normalized spacial score (nSPS) is 22.8. The van der Waals surface area contributed by atoms with Crippen LogP contribution in [0.25, 0.3) is 0 Å². The highest BCUT2D eigenvalue weighted by Crippen LogP contribution is 2.32. The summed E-state index contributed by atoms with van der Waals surface area (Å²) in [5.74, 6) is -1.96. The van der Waals surface area contributed by atoms with Crippen molar-refractivity contribution in [3.63, 3.8) is 0 Å². The molecule has 106 valence electrons. The summed E-state index contributed by atoms with van der Waals surface area (Å²) in [6.45, 7) is 4.18. The molecule has 5 nitrogen and oxygen atoms in total. The number of nitrogens with zero attached hydrogens (tertiary/aromatic N) is 2. The van der Waals surface area contributed by atoms with Crippen molar-refractivity contribution in [3.05, 3.63) is 0 Å². The first-order chi connectivity index (χ1) is 8.99. The third kappa shape index (κ3) is 3.95. The van der Waals surface area contributed by atoms with Crippen molar-refractivity contribution in [2.75, 3.05) is 6.54 Å². The maximum Gasteiger partial charge on any atom is 0.307 e. The number of aliphatic carboxylic acids is 1. The first-order valence-electron chi connectivity index (χ1n) is 6.89. The van der Waals surface area contributed by atoms with Crippen LogP contribution in [-0.2, 0) is 9.59 Å². The Hall–Kier alpha value is -1.57. The van der Waals surface area contributed by atoms with Gasteiger partial charge in [-0.2, -0.15) is 5.26 Å². The van der Waals surface area contributed by atoms with Gasteiger partial charge >= 0.3 is 5.97 Å². The number of rotatable bonds is 5. The molecule has 1 rings (SSSR count). The van der Waals surface area contributed by atoms with Gasteiger partial charge in [-0.25, -0.2) is 0 Å². The Morgan fingerprint density at radius 2 is 1.89 bits per heavy atom. The third-order valence-corrected chi connectivity index (χ3v) is 3.77. The van der Waals surface area contributed by atoms with E-state index in [0.29, 0.717) is 19.4 Å². The number of amides is 1. The van der Waals surface area contributed by atoms with E-state index in [1.54, 1.807) is 4.90 Å². The predicted molar refractivity (Wildman–Crippen MR) is 70.2 cm³/mol. The molecule has 0 heterocycles. The molecule has 0 aromatic carbocycles. The fourth-order valence-corrected chi connectivity index (χ4v) is 2.73. The standard InChI is InChI=1S/C14H22N2O3/c1-10(2)16(9-5-8-15)13(17)11-6-3-4-7-12(11)14(18)19/h10-12H,3-7,9H2,1-2H3,(H,18,19). The summed E-state index contributed by atoms with van der Waals surface area (Å²) >= 11 is 0. The van der Waals surface area contributed by atoms with E-state index in [9.17, 15) is 14.7 Å². The van der Waals surface area contributed by atoms with Crippen LogP contribution in [0.5, 0.6) is 0 Å². The first kappa shape index (κ1) is 15.5. The number of carbonyl (C=O) groups excluding carboxylic acids is 1. The van der Waals surface area contributed by atoms with Crippen LogP contribution in [-0.4, -0.2) is 34.5 Å². The molecule has 5 heteroatoms. The molecule has 1 aliphatic carbocycles. The van der Waals surface area contributed by atoms with Crippen molar-refractivity contribution in [1.82, 2.24) is 4.90 Å². The maximum absolute atomic E-state index is 12.5. The van der Waals surface area contributed by atoms with Crippen LogP contribution in [0.4, 0.5) is 0 Å². The second kappa shape index (κ2) is 7.13. The van der Waals surface area contributed by atoms with Gasteiger partial charge in [-0.05, 0) is 26.7 Å². The molecule has 0 aliphatic heterocycles. The SMILES string of the molecule is CC(C)N(CCC#N)C(=O)C1CCCCC1C(=O)O. The minimum Gasteiger partial charge on any atom is -0.481 e. The summed E-state index contributed by atoms with van der Waals surface area (Å²) in [7, 11) is 0. The number of carboxylic acid groups (broad SMARTS) is 1. The molecule has 0 aromatic heterocycles. The molecule has 0 saturated heterocycles. The van der Waals surface area contributed by atoms with Gasteiger partial charge in [-0.1, -0.05) is 12.8 Å². The molecule has 1 fully saturated rings. The van der Waals surface area contributed by atoms with Gasteiger partial charge in [0.15, 0.2) is 0 Å². The molecule has 0 spiro atoms. The molecular weight excluding hydrogens is 244 g/mol. The molecule has 1 amide bonds. The van der Waals surface area contributed by atoms with E-state index in [0.717, 1.165) is 12.8 Å². The van der Waals surface area contributed by atoms with Crippen LogP contribution in [0, 0.1) is 23.2 Å². The van der Waals surface area contributed by atoms with Gasteiger partial charge < -0.3 is 10.0 Å². The minimum atomic E-state index is -0.873. The summed E-state index contributed by atoms with van der Waals surface area (Å²) in [6, 6.07) is 2.03. The molecule has 0 bridgehead atoms. The second-order valence-electron chi connectivity index (χ2n) is 5.37. The molecule has 19 heavy (non-hydrogen) atoms. The predicted octanol–water partition coefficient (Wildman–Crippen LogP) is 2.03. The largest absolute Gasteiger partial charge is 0.481 e. The zero-order valence-electron chi connectivity index (χ0n) is 11.6. The van der Waals surface area contributed by atoms with Crippen LogP contribution < -0.4 is 0 Å². The summed E-state index contributed by atoms with van der Waals surface area (Å²) in [5.41, 5.74) is 0. The highest BCUT2D eigenvalue weighted by atomic mass is 16.4. The van der Waals surface area contributed by atoms with Gasteiger partial charge in [0, 0.05) is 12.6 Å². The van der Waals surface area contributed by atoms with Crippen LogP contribution in [0.2, 0.25) is 0 Å². The average molecular weight is 266 g/mol. The van der Waals surface area contributed by atoms with Crippen LogP contribution in [0.3, 0.4) is 0 Å². The second-order valence-corrected chi connectivity index (χ2v) is 5.37. The zero-order chi connectivity index (χ0) is 14.4. The number of nitriles is 1. The zero-order valence-corrected chi connectivity index (χ0v) is 11.6. The number of carbonyl (C=O) groups is 2. The van der Waals surface area contributed by atoms with E-state index in [4.69, 9.17) is 5.26 Å². The van der Waals surface area contributed by atoms with Crippen molar-refractivity contribution >= 4 is 11.9 Å². The summed E-state index contributed by atoms with van der Waals surface area (Å²) in [4.78, 5) is 25.4. The Labute approximate surface area is 114 Å². The monoisotopic (exact) mass is 266 g/mol. The Balaban J connectivity index is 2.81. The van der Waals surface area contributed by atoms with E-state index in [1.165, 1.54) is 0 Å². The van der Waals surface area contributed by atoms with E-state index < -0.39 is 17.8 Å². The molecule has 1 aliphatic rings. The highest BCUT2D eigenvalue weighted by Gasteiger charge is 2.38. The van der Waals surface area contributed by atoms with Crippen molar-refractivity contribution in [2.24, 2.45) is 11.8 Å². The van der Waals surface area contributed by atoms with E-state index in [1.807, 2.05) is 19.9 Å². The lowest BCUT2D eigenvalue weighted by Crippen LogP contribution is -2.45. The summed E-state index contributed by atoms with van der Waals surface area (Å²) in [5, 5.41) is 17.9. The van der Waals surface area contributed by atoms with Crippen LogP contribution >= 0.6 is 0 Å². The van der Waals surface area contributed by atoms with Gasteiger partial charge in [0.05, 0.1) is 24.3 Å². The molecule has 0 radical (unpaired) electrons. The van der Waals surface area contributed by atoms with Crippen molar-refractivity contribution in [2.45, 2.75) is 52.0 Å². The van der Waals surface area contributed by atoms with Gasteiger partial charge in [-0.15, -0.1) is 0 Å². The Morgan fingerprint density at radius 1 is 1.32 bits per heavy atom. The van der Waals surface area contributed by atoms with Gasteiger partial charge in [0.2, 0.25) is 5.91 Å². The van der Waals surface area contributed by atoms with E-state index >= 15 is 0 Å². The Bertz CT molecular complexity index is 373. The van der Waals surface area contributed by atoms with Gasteiger partial charge in [0.1, 0.15) is 0 Å². The number of carboxylic acids is 1. The molecule has 1 saturated carbocycles. The molecule has 2 unspecified atom stereocenters. The number of hydrogen-bond acceptors (Lipinski definition) is 3. The van der Waals surface area contributed by atoms with Crippen molar-refractivity contribution < 1.29 is 14.7 Å². The topological polar surface area (TPSA) is 81.4 Å². The molecule has 2 atom stereocenters. The molecule has 0 aromatic rings. The third-order valence-electron chi connectivity index (χ3n) is 3.77. The van der Waals surface area contributed by atoms with Gasteiger partial charge in [0.25, 0.3) is 0 Å². The average Bonchev–Trinajstić information content (AvgIpc) is 2.38. The lowest BCUT2D eigenvalue weighted by molar-refractivity contribution is -0.153. The van der Waals surface area contributed by atoms with Gasteiger partial charge in [-0.3, -0.25) is 9.59 Å². The van der Waals surface area contributed by atoms with Crippen LogP contribution in [0.15, 0.2) is 0 Å².